The second-order valence-electron chi connectivity index (χ2n) is 4.57. The van der Waals surface area contributed by atoms with Gasteiger partial charge in [0, 0.05) is 31.1 Å². The average molecular weight is 300 g/mol. The third-order valence-electron chi connectivity index (χ3n) is 3.09. The van der Waals surface area contributed by atoms with Crippen LogP contribution in [0.25, 0.3) is 0 Å². The van der Waals surface area contributed by atoms with Crippen LogP contribution in [0.3, 0.4) is 0 Å². The summed E-state index contributed by atoms with van der Waals surface area (Å²) in [7, 11) is -3.33. The van der Waals surface area contributed by atoms with Crippen molar-refractivity contribution in [2.24, 2.45) is 0 Å². The highest BCUT2D eigenvalue weighted by molar-refractivity contribution is 7.92. The number of hydrogen-bond acceptors (Lipinski definition) is 4. The van der Waals surface area contributed by atoms with Crippen LogP contribution in [0.4, 0.5) is 11.4 Å². The average Bonchev–Trinajstić information content (AvgIpc) is 2.42. The molecular weight excluding hydrogens is 276 g/mol. The SMILES string of the molecule is CCN(CC)c1ccc(NS(=O)(=O)CCCCO)cc1. The molecule has 0 radical (unpaired) electrons. The summed E-state index contributed by atoms with van der Waals surface area (Å²) in [5.41, 5.74) is 1.66. The number of anilines is 2. The van der Waals surface area contributed by atoms with Gasteiger partial charge in [0.1, 0.15) is 0 Å². The zero-order chi connectivity index (χ0) is 15.0. The van der Waals surface area contributed by atoms with Gasteiger partial charge in [-0.3, -0.25) is 4.72 Å². The van der Waals surface area contributed by atoms with Crippen LogP contribution in [-0.4, -0.2) is 39.0 Å². The summed E-state index contributed by atoms with van der Waals surface area (Å²) in [5.74, 6) is 0.0331. The largest absolute Gasteiger partial charge is 0.396 e. The Morgan fingerprint density at radius 2 is 1.70 bits per heavy atom. The van der Waals surface area contributed by atoms with E-state index in [0.29, 0.717) is 18.5 Å². The van der Waals surface area contributed by atoms with Crippen molar-refractivity contribution in [2.75, 3.05) is 35.1 Å². The number of benzene rings is 1. The second-order valence-corrected chi connectivity index (χ2v) is 6.41. The Bertz CT molecular complexity index is 482. The third kappa shape index (κ3) is 5.38. The van der Waals surface area contributed by atoms with Gasteiger partial charge in [0.05, 0.1) is 5.75 Å². The van der Waals surface area contributed by atoms with Gasteiger partial charge in [-0.2, -0.15) is 0 Å². The Morgan fingerprint density at radius 1 is 1.10 bits per heavy atom. The monoisotopic (exact) mass is 300 g/mol. The van der Waals surface area contributed by atoms with E-state index >= 15 is 0 Å². The van der Waals surface area contributed by atoms with E-state index in [9.17, 15) is 8.42 Å². The van der Waals surface area contributed by atoms with Crippen LogP contribution in [0.1, 0.15) is 26.7 Å². The molecule has 114 valence electrons. The molecule has 0 bridgehead atoms. The van der Waals surface area contributed by atoms with E-state index in [-0.39, 0.29) is 12.4 Å². The minimum atomic E-state index is -3.33. The first-order valence-electron chi connectivity index (χ1n) is 6.98. The van der Waals surface area contributed by atoms with E-state index < -0.39 is 10.0 Å². The molecule has 0 saturated heterocycles. The smallest absolute Gasteiger partial charge is 0.232 e. The van der Waals surface area contributed by atoms with Gasteiger partial charge in [-0.1, -0.05) is 0 Å². The molecule has 0 aliphatic heterocycles. The molecule has 1 aromatic rings. The summed E-state index contributed by atoms with van der Waals surface area (Å²) in [6.07, 6.45) is 0.963. The first kappa shape index (κ1) is 16.8. The van der Waals surface area contributed by atoms with E-state index in [2.05, 4.69) is 23.5 Å². The zero-order valence-electron chi connectivity index (χ0n) is 12.2. The van der Waals surface area contributed by atoms with Crippen molar-refractivity contribution in [3.8, 4) is 0 Å². The lowest BCUT2D eigenvalue weighted by Gasteiger charge is -2.21. The minimum absolute atomic E-state index is 0.0219. The maximum atomic E-state index is 11.8. The Kier molecular flexibility index (Phi) is 6.81. The van der Waals surface area contributed by atoms with Gasteiger partial charge in [0.25, 0.3) is 0 Å². The van der Waals surface area contributed by atoms with Crippen LogP contribution in [-0.2, 0) is 10.0 Å². The van der Waals surface area contributed by atoms with Gasteiger partial charge in [-0.25, -0.2) is 8.42 Å². The maximum absolute atomic E-state index is 11.8. The van der Waals surface area contributed by atoms with E-state index in [1.54, 1.807) is 12.1 Å². The summed E-state index contributed by atoms with van der Waals surface area (Å²) >= 11 is 0. The molecule has 1 aromatic carbocycles. The Hall–Kier alpha value is -1.27. The predicted molar refractivity (Wildman–Crippen MR) is 83.7 cm³/mol. The molecule has 20 heavy (non-hydrogen) atoms. The summed E-state index contributed by atoms with van der Waals surface area (Å²) in [5, 5.41) is 8.66. The molecule has 0 heterocycles. The van der Waals surface area contributed by atoms with Gasteiger partial charge in [-0.15, -0.1) is 0 Å². The van der Waals surface area contributed by atoms with Crippen LogP contribution >= 0.6 is 0 Å². The van der Waals surface area contributed by atoms with Crippen molar-refractivity contribution in [1.82, 2.24) is 0 Å². The third-order valence-corrected chi connectivity index (χ3v) is 4.46. The second kappa shape index (κ2) is 8.11. The lowest BCUT2D eigenvalue weighted by molar-refractivity contribution is 0.287. The van der Waals surface area contributed by atoms with Crippen molar-refractivity contribution in [1.29, 1.82) is 0 Å². The van der Waals surface area contributed by atoms with Gasteiger partial charge in [0.2, 0.25) is 10.0 Å². The summed E-state index contributed by atoms with van der Waals surface area (Å²) in [4.78, 5) is 2.19. The van der Waals surface area contributed by atoms with Crippen molar-refractivity contribution in [3.63, 3.8) is 0 Å². The Morgan fingerprint density at radius 3 is 2.20 bits per heavy atom. The van der Waals surface area contributed by atoms with Crippen LogP contribution in [0, 0.1) is 0 Å². The first-order chi connectivity index (χ1) is 9.52. The number of sulfonamides is 1. The molecule has 0 aliphatic rings. The fraction of sp³-hybridized carbons (Fsp3) is 0.571. The van der Waals surface area contributed by atoms with E-state index in [1.807, 2.05) is 12.1 Å². The van der Waals surface area contributed by atoms with E-state index in [4.69, 9.17) is 5.11 Å². The minimum Gasteiger partial charge on any atom is -0.396 e. The molecular formula is C14H24N2O3S. The lowest BCUT2D eigenvalue weighted by Crippen LogP contribution is -2.21. The standard InChI is InChI=1S/C14H24N2O3S/c1-3-16(4-2)14-9-7-13(8-10-14)15-20(18,19)12-6-5-11-17/h7-10,15,17H,3-6,11-12H2,1-2H3. The highest BCUT2D eigenvalue weighted by Gasteiger charge is 2.10. The number of hydrogen-bond donors (Lipinski definition) is 2. The number of unbranched alkanes of at least 4 members (excludes halogenated alkanes) is 1. The summed E-state index contributed by atoms with van der Waals surface area (Å²) in [6.45, 7) is 6.03. The normalized spacial score (nSPS) is 11.3. The molecule has 0 atom stereocenters. The predicted octanol–water partition coefficient (Wildman–Crippen LogP) is 2.05. The molecule has 0 saturated carbocycles. The fourth-order valence-corrected chi connectivity index (χ4v) is 3.14. The quantitative estimate of drug-likeness (QED) is 0.685. The van der Waals surface area contributed by atoms with Crippen LogP contribution in [0.2, 0.25) is 0 Å². The fourth-order valence-electron chi connectivity index (χ4n) is 1.96. The molecule has 0 aromatic heterocycles. The van der Waals surface area contributed by atoms with E-state index in [1.165, 1.54) is 0 Å². The molecule has 0 unspecified atom stereocenters. The molecule has 0 amide bonds. The number of nitrogens with zero attached hydrogens (tertiary/aromatic N) is 1. The zero-order valence-corrected chi connectivity index (χ0v) is 13.0. The van der Waals surface area contributed by atoms with E-state index in [0.717, 1.165) is 18.8 Å². The number of aliphatic hydroxyl groups excluding tert-OH is 1. The van der Waals surface area contributed by atoms with Crippen molar-refractivity contribution >= 4 is 21.4 Å². The highest BCUT2D eigenvalue weighted by Crippen LogP contribution is 2.18. The number of rotatable bonds is 9. The van der Waals surface area contributed by atoms with Crippen LogP contribution in [0.5, 0.6) is 0 Å². The molecule has 6 heteroatoms. The molecule has 2 N–H and O–H groups in total. The summed E-state index contributed by atoms with van der Waals surface area (Å²) < 4.78 is 26.2. The van der Waals surface area contributed by atoms with Crippen molar-refractivity contribution in [2.45, 2.75) is 26.7 Å². The topological polar surface area (TPSA) is 69.6 Å². The Balaban J connectivity index is 2.65. The number of aliphatic hydroxyl groups is 1. The van der Waals surface area contributed by atoms with Crippen molar-refractivity contribution < 1.29 is 13.5 Å². The maximum Gasteiger partial charge on any atom is 0.232 e. The van der Waals surface area contributed by atoms with Crippen LogP contribution in [0.15, 0.2) is 24.3 Å². The first-order valence-corrected chi connectivity index (χ1v) is 8.64. The molecule has 5 nitrogen and oxygen atoms in total. The van der Waals surface area contributed by atoms with Gasteiger partial charge >= 0.3 is 0 Å². The van der Waals surface area contributed by atoms with Gasteiger partial charge < -0.3 is 10.0 Å². The highest BCUT2D eigenvalue weighted by atomic mass is 32.2. The van der Waals surface area contributed by atoms with Gasteiger partial charge in [0.15, 0.2) is 0 Å². The molecule has 0 aliphatic carbocycles. The number of nitrogens with one attached hydrogen (secondary N) is 1. The van der Waals surface area contributed by atoms with Crippen molar-refractivity contribution in [3.05, 3.63) is 24.3 Å². The summed E-state index contributed by atoms with van der Waals surface area (Å²) in [6, 6.07) is 7.38. The van der Waals surface area contributed by atoms with Crippen LogP contribution < -0.4 is 9.62 Å². The molecule has 0 spiro atoms. The van der Waals surface area contributed by atoms with Gasteiger partial charge in [-0.05, 0) is 51.0 Å². The molecule has 0 fully saturated rings. The molecule has 1 rings (SSSR count). The lowest BCUT2D eigenvalue weighted by atomic mass is 10.2. The Labute approximate surface area is 121 Å².